The molecule has 2 rings (SSSR count). The van der Waals surface area contributed by atoms with Crippen molar-refractivity contribution in [3.63, 3.8) is 0 Å². The van der Waals surface area contributed by atoms with Crippen molar-refractivity contribution in [2.45, 2.75) is 13.1 Å². The number of nitrogens with two attached hydrogens (primary N) is 1. The molecule has 1 aromatic heterocycles. The van der Waals surface area contributed by atoms with Crippen LogP contribution in [0, 0.1) is 12.7 Å². The minimum atomic E-state index is -4.66. The van der Waals surface area contributed by atoms with E-state index in [4.69, 9.17) is 10.5 Å². The van der Waals surface area contributed by atoms with Gasteiger partial charge >= 0.3 is 6.18 Å². The number of nitrogen functional groups attached to an aromatic ring is 1. The number of aryl methyl sites for hydroxylation is 1. The van der Waals surface area contributed by atoms with Crippen LogP contribution in [0.1, 0.15) is 11.3 Å². The van der Waals surface area contributed by atoms with E-state index >= 15 is 0 Å². The maximum atomic E-state index is 12.9. The number of anilines is 1. The van der Waals surface area contributed by atoms with E-state index in [-0.39, 0.29) is 11.6 Å². The number of benzene rings is 1. The van der Waals surface area contributed by atoms with E-state index in [1.54, 1.807) is 6.92 Å². The molecule has 0 amide bonds. The first-order chi connectivity index (χ1) is 9.25. The van der Waals surface area contributed by atoms with Crippen LogP contribution in [0.5, 0.6) is 11.6 Å². The van der Waals surface area contributed by atoms with Crippen LogP contribution in [-0.2, 0) is 6.18 Å². The summed E-state index contributed by atoms with van der Waals surface area (Å²) in [4.78, 5) is 6.64. The van der Waals surface area contributed by atoms with Gasteiger partial charge in [0.2, 0.25) is 11.8 Å². The van der Waals surface area contributed by atoms with Gasteiger partial charge in [0.1, 0.15) is 11.6 Å². The second kappa shape index (κ2) is 4.95. The summed E-state index contributed by atoms with van der Waals surface area (Å²) in [6.07, 6.45) is -4.66. The molecule has 2 aromatic rings. The standard InChI is InChI=1S/C12H9F4N3O/c1-6-4-7(13)2-3-8(6)20-10-5-9(12(14,15)16)18-11(17)19-10/h2-5H,1H3,(H2,17,18,19). The second-order valence-electron chi connectivity index (χ2n) is 3.96. The van der Waals surface area contributed by atoms with Crippen molar-refractivity contribution in [1.29, 1.82) is 0 Å². The molecule has 0 spiro atoms. The van der Waals surface area contributed by atoms with Crippen molar-refractivity contribution in [3.8, 4) is 11.6 Å². The first-order valence-corrected chi connectivity index (χ1v) is 5.41. The highest BCUT2D eigenvalue weighted by molar-refractivity contribution is 5.37. The van der Waals surface area contributed by atoms with Crippen molar-refractivity contribution < 1.29 is 22.3 Å². The normalized spacial score (nSPS) is 11.4. The van der Waals surface area contributed by atoms with Crippen LogP contribution < -0.4 is 10.5 Å². The van der Waals surface area contributed by atoms with E-state index in [2.05, 4.69) is 9.97 Å². The van der Waals surface area contributed by atoms with Crippen molar-refractivity contribution in [2.75, 3.05) is 5.73 Å². The lowest BCUT2D eigenvalue weighted by atomic mass is 10.2. The summed E-state index contributed by atoms with van der Waals surface area (Å²) in [5, 5.41) is 0. The molecular formula is C12H9F4N3O. The fourth-order valence-electron chi connectivity index (χ4n) is 1.48. The molecule has 0 bridgehead atoms. The molecular weight excluding hydrogens is 278 g/mol. The van der Waals surface area contributed by atoms with Crippen molar-refractivity contribution in [1.82, 2.24) is 9.97 Å². The van der Waals surface area contributed by atoms with Crippen molar-refractivity contribution >= 4 is 5.95 Å². The Kier molecular flexibility index (Phi) is 3.47. The molecule has 1 heterocycles. The zero-order valence-corrected chi connectivity index (χ0v) is 10.2. The van der Waals surface area contributed by atoms with E-state index < -0.39 is 23.6 Å². The fourth-order valence-corrected chi connectivity index (χ4v) is 1.48. The number of nitrogens with zero attached hydrogens (tertiary/aromatic N) is 2. The Hall–Kier alpha value is -2.38. The van der Waals surface area contributed by atoms with E-state index in [1.807, 2.05) is 0 Å². The summed E-state index contributed by atoms with van der Waals surface area (Å²) >= 11 is 0. The smallest absolute Gasteiger partial charge is 0.433 e. The quantitative estimate of drug-likeness (QED) is 0.861. The van der Waals surface area contributed by atoms with Crippen LogP contribution in [0.2, 0.25) is 0 Å². The molecule has 0 fully saturated rings. The lowest BCUT2D eigenvalue weighted by Gasteiger charge is -2.11. The Bertz CT molecular complexity index is 643. The van der Waals surface area contributed by atoms with Crippen LogP contribution in [0.25, 0.3) is 0 Å². The highest BCUT2D eigenvalue weighted by Gasteiger charge is 2.33. The summed E-state index contributed by atoms with van der Waals surface area (Å²) in [6.45, 7) is 1.55. The molecule has 2 N–H and O–H groups in total. The maximum Gasteiger partial charge on any atom is 0.433 e. The molecule has 0 saturated heterocycles. The molecule has 0 unspecified atom stereocenters. The zero-order valence-electron chi connectivity index (χ0n) is 10.2. The molecule has 0 saturated carbocycles. The third-order valence-electron chi connectivity index (χ3n) is 2.36. The lowest BCUT2D eigenvalue weighted by molar-refractivity contribution is -0.141. The lowest BCUT2D eigenvalue weighted by Crippen LogP contribution is -2.11. The first-order valence-electron chi connectivity index (χ1n) is 5.41. The Morgan fingerprint density at radius 3 is 2.45 bits per heavy atom. The average molecular weight is 287 g/mol. The van der Waals surface area contributed by atoms with Gasteiger partial charge in [-0.3, -0.25) is 0 Å². The van der Waals surface area contributed by atoms with E-state index in [0.717, 1.165) is 6.07 Å². The highest BCUT2D eigenvalue weighted by atomic mass is 19.4. The molecule has 0 aliphatic heterocycles. The summed E-state index contributed by atoms with van der Waals surface area (Å²) in [6, 6.07) is 4.22. The molecule has 4 nitrogen and oxygen atoms in total. The minimum Gasteiger partial charge on any atom is -0.439 e. The fraction of sp³-hybridized carbons (Fsp3) is 0.167. The van der Waals surface area contributed by atoms with Gasteiger partial charge in [-0.05, 0) is 30.7 Å². The number of halogens is 4. The van der Waals surface area contributed by atoms with Crippen LogP contribution >= 0.6 is 0 Å². The van der Waals surface area contributed by atoms with Crippen molar-refractivity contribution in [3.05, 3.63) is 41.3 Å². The van der Waals surface area contributed by atoms with Gasteiger partial charge in [0.05, 0.1) is 0 Å². The van der Waals surface area contributed by atoms with E-state index in [9.17, 15) is 17.6 Å². The minimum absolute atomic E-state index is 0.178. The van der Waals surface area contributed by atoms with Crippen LogP contribution in [0.15, 0.2) is 24.3 Å². The third kappa shape index (κ3) is 3.14. The molecule has 0 atom stereocenters. The van der Waals surface area contributed by atoms with Crippen molar-refractivity contribution in [2.24, 2.45) is 0 Å². The molecule has 1 aromatic carbocycles. The summed E-state index contributed by atoms with van der Waals surface area (Å²) < 4.78 is 55.8. The maximum absolute atomic E-state index is 12.9. The van der Waals surface area contributed by atoms with E-state index in [1.165, 1.54) is 12.1 Å². The van der Waals surface area contributed by atoms with Gasteiger partial charge < -0.3 is 10.5 Å². The van der Waals surface area contributed by atoms with E-state index in [0.29, 0.717) is 11.6 Å². The Balaban J connectivity index is 2.36. The molecule has 0 radical (unpaired) electrons. The largest absolute Gasteiger partial charge is 0.439 e. The Labute approximate surface area is 111 Å². The third-order valence-corrected chi connectivity index (χ3v) is 2.36. The number of aromatic nitrogens is 2. The number of hydrogen-bond donors (Lipinski definition) is 1. The number of hydrogen-bond acceptors (Lipinski definition) is 4. The number of ether oxygens (including phenoxy) is 1. The number of alkyl halides is 3. The van der Waals surface area contributed by atoms with Crippen LogP contribution in [-0.4, -0.2) is 9.97 Å². The van der Waals surface area contributed by atoms with Gasteiger partial charge in [0.25, 0.3) is 0 Å². The predicted octanol–water partition coefficient (Wildman–Crippen LogP) is 3.32. The van der Waals surface area contributed by atoms with Crippen LogP contribution in [0.3, 0.4) is 0 Å². The summed E-state index contributed by atoms with van der Waals surface area (Å²) in [7, 11) is 0. The average Bonchev–Trinajstić information content (AvgIpc) is 2.31. The molecule has 0 aliphatic carbocycles. The summed E-state index contributed by atoms with van der Waals surface area (Å²) in [5.74, 6) is -1.22. The second-order valence-corrected chi connectivity index (χ2v) is 3.96. The SMILES string of the molecule is Cc1cc(F)ccc1Oc1cc(C(F)(F)F)nc(N)n1. The van der Waals surface area contributed by atoms with Gasteiger partial charge in [0, 0.05) is 6.07 Å². The molecule has 8 heteroatoms. The predicted molar refractivity (Wildman–Crippen MR) is 62.7 cm³/mol. The topological polar surface area (TPSA) is 61.0 Å². The Morgan fingerprint density at radius 2 is 1.85 bits per heavy atom. The van der Waals surface area contributed by atoms with Gasteiger partial charge in [-0.25, -0.2) is 9.37 Å². The van der Waals surface area contributed by atoms with Gasteiger partial charge in [-0.15, -0.1) is 0 Å². The molecule has 20 heavy (non-hydrogen) atoms. The van der Waals surface area contributed by atoms with Gasteiger partial charge in [-0.2, -0.15) is 18.2 Å². The van der Waals surface area contributed by atoms with Crippen LogP contribution in [0.4, 0.5) is 23.5 Å². The monoisotopic (exact) mass is 287 g/mol. The zero-order chi connectivity index (χ0) is 14.9. The van der Waals surface area contributed by atoms with Gasteiger partial charge in [0.15, 0.2) is 5.69 Å². The summed E-state index contributed by atoms with van der Waals surface area (Å²) in [5.41, 5.74) is 4.41. The molecule has 106 valence electrons. The first kappa shape index (κ1) is 14.0. The Morgan fingerprint density at radius 1 is 1.15 bits per heavy atom. The highest BCUT2D eigenvalue weighted by Crippen LogP contribution is 2.31. The van der Waals surface area contributed by atoms with Gasteiger partial charge in [-0.1, -0.05) is 0 Å². The molecule has 0 aliphatic rings. The number of rotatable bonds is 2.